The molecule has 0 bridgehead atoms. The molecule has 2 aliphatic rings. The minimum Gasteiger partial charge on any atom is -0.358 e. The predicted molar refractivity (Wildman–Crippen MR) is 56.2 cm³/mol. The summed E-state index contributed by atoms with van der Waals surface area (Å²) in [5, 5.41) is 0. The van der Waals surface area contributed by atoms with Gasteiger partial charge in [-0.2, -0.15) is 0 Å². The lowest BCUT2D eigenvalue weighted by Gasteiger charge is -2.25. The fraction of sp³-hybridized carbons (Fsp3) is 0.909. The van der Waals surface area contributed by atoms with Gasteiger partial charge in [0.15, 0.2) is 0 Å². The first-order valence-electron chi connectivity index (χ1n) is 5.72. The van der Waals surface area contributed by atoms with E-state index in [4.69, 9.17) is 0 Å². The Bertz CT molecular complexity index is 177. The predicted octanol–water partition coefficient (Wildman–Crippen LogP) is 2.44. The first-order valence-corrected chi connectivity index (χ1v) is 5.72. The van der Waals surface area contributed by atoms with Gasteiger partial charge in [-0.15, -0.1) is 0 Å². The number of aliphatic imine (C=N–C) groups is 1. The molecule has 2 nitrogen and oxygen atoms in total. The van der Waals surface area contributed by atoms with Crippen molar-refractivity contribution in [2.24, 2.45) is 4.99 Å². The zero-order valence-corrected chi connectivity index (χ0v) is 8.41. The Balaban J connectivity index is 1.85. The van der Waals surface area contributed by atoms with E-state index in [1.807, 2.05) is 0 Å². The van der Waals surface area contributed by atoms with Crippen molar-refractivity contribution < 1.29 is 0 Å². The monoisotopic (exact) mass is 180 g/mol. The van der Waals surface area contributed by atoms with E-state index in [1.165, 1.54) is 51.5 Å². The van der Waals surface area contributed by atoms with Crippen LogP contribution in [0.15, 0.2) is 4.99 Å². The summed E-state index contributed by atoms with van der Waals surface area (Å²) in [7, 11) is 0. The molecule has 0 radical (unpaired) electrons. The highest BCUT2D eigenvalue weighted by atomic mass is 15.2. The fourth-order valence-corrected chi connectivity index (χ4v) is 2.35. The first-order chi connectivity index (χ1) is 6.47. The van der Waals surface area contributed by atoms with Crippen LogP contribution in [0.4, 0.5) is 0 Å². The van der Waals surface area contributed by atoms with E-state index in [9.17, 15) is 0 Å². The molecule has 13 heavy (non-hydrogen) atoms. The summed E-state index contributed by atoms with van der Waals surface area (Å²) < 4.78 is 0. The SMILES string of the molecule is C1=NCC2CCCCCCCCN12. The van der Waals surface area contributed by atoms with Crippen LogP contribution in [0.3, 0.4) is 0 Å². The normalized spacial score (nSPS) is 30.2. The summed E-state index contributed by atoms with van der Waals surface area (Å²) in [6.07, 6.45) is 11.9. The lowest BCUT2D eigenvalue weighted by atomic mass is 10.0. The van der Waals surface area contributed by atoms with Crippen molar-refractivity contribution in [3.05, 3.63) is 0 Å². The maximum atomic E-state index is 4.37. The van der Waals surface area contributed by atoms with Crippen LogP contribution in [0.25, 0.3) is 0 Å². The Labute approximate surface area is 81.0 Å². The minimum atomic E-state index is 0.748. The Morgan fingerprint density at radius 3 is 2.69 bits per heavy atom. The number of hydrogen-bond donors (Lipinski definition) is 0. The molecule has 2 heterocycles. The van der Waals surface area contributed by atoms with E-state index >= 15 is 0 Å². The quantitative estimate of drug-likeness (QED) is 0.559. The van der Waals surface area contributed by atoms with Crippen molar-refractivity contribution in [2.45, 2.75) is 51.0 Å². The third-order valence-electron chi connectivity index (χ3n) is 3.22. The average Bonchev–Trinajstić information content (AvgIpc) is 2.59. The third kappa shape index (κ3) is 2.45. The molecule has 0 aliphatic carbocycles. The molecule has 0 amide bonds. The Kier molecular flexibility index (Phi) is 3.22. The Morgan fingerprint density at radius 1 is 1.00 bits per heavy atom. The van der Waals surface area contributed by atoms with E-state index < -0.39 is 0 Å². The average molecular weight is 180 g/mol. The molecule has 1 unspecified atom stereocenters. The molecule has 0 saturated carbocycles. The highest BCUT2D eigenvalue weighted by Crippen LogP contribution is 2.18. The summed E-state index contributed by atoms with van der Waals surface area (Å²) in [5.41, 5.74) is 0. The summed E-state index contributed by atoms with van der Waals surface area (Å²) in [6.45, 7) is 2.30. The van der Waals surface area contributed by atoms with Gasteiger partial charge in [0.1, 0.15) is 0 Å². The van der Waals surface area contributed by atoms with Crippen LogP contribution in [0.2, 0.25) is 0 Å². The molecule has 0 N–H and O–H groups in total. The van der Waals surface area contributed by atoms with Gasteiger partial charge in [0.2, 0.25) is 0 Å². The summed E-state index contributed by atoms with van der Waals surface area (Å²) in [4.78, 5) is 6.84. The molecule has 0 aromatic heterocycles. The van der Waals surface area contributed by atoms with Gasteiger partial charge in [0, 0.05) is 12.6 Å². The largest absolute Gasteiger partial charge is 0.358 e. The van der Waals surface area contributed by atoms with E-state index in [0.717, 1.165) is 12.6 Å². The topological polar surface area (TPSA) is 15.6 Å². The molecule has 1 atom stereocenters. The lowest BCUT2D eigenvalue weighted by Crippen LogP contribution is -2.32. The lowest BCUT2D eigenvalue weighted by molar-refractivity contribution is 0.307. The van der Waals surface area contributed by atoms with Crippen LogP contribution in [-0.2, 0) is 0 Å². The molecule has 0 aromatic carbocycles. The van der Waals surface area contributed by atoms with Crippen LogP contribution in [0.1, 0.15) is 44.9 Å². The molecule has 2 rings (SSSR count). The van der Waals surface area contributed by atoms with Crippen LogP contribution < -0.4 is 0 Å². The highest BCUT2D eigenvalue weighted by Gasteiger charge is 2.19. The van der Waals surface area contributed by atoms with Crippen molar-refractivity contribution in [1.82, 2.24) is 4.90 Å². The maximum Gasteiger partial charge on any atom is 0.0853 e. The van der Waals surface area contributed by atoms with Gasteiger partial charge < -0.3 is 4.90 Å². The molecule has 0 aromatic rings. The van der Waals surface area contributed by atoms with E-state index in [1.54, 1.807) is 0 Å². The van der Waals surface area contributed by atoms with Crippen molar-refractivity contribution in [1.29, 1.82) is 0 Å². The molecule has 1 saturated heterocycles. The van der Waals surface area contributed by atoms with Crippen LogP contribution in [0, 0.1) is 0 Å². The van der Waals surface area contributed by atoms with Gasteiger partial charge in [-0.05, 0) is 12.8 Å². The van der Waals surface area contributed by atoms with Crippen molar-refractivity contribution in [2.75, 3.05) is 13.1 Å². The standard InChI is InChI=1S/C11H20N2/c1-2-4-6-8-13-10-12-9-11(13)7-5-3-1/h10-11H,1-9H2. The van der Waals surface area contributed by atoms with E-state index in [-0.39, 0.29) is 0 Å². The third-order valence-corrected chi connectivity index (χ3v) is 3.22. The van der Waals surface area contributed by atoms with Gasteiger partial charge in [-0.3, -0.25) is 4.99 Å². The minimum absolute atomic E-state index is 0.748. The smallest absolute Gasteiger partial charge is 0.0853 e. The maximum absolute atomic E-state index is 4.37. The van der Waals surface area contributed by atoms with Crippen molar-refractivity contribution in [3.8, 4) is 0 Å². The highest BCUT2D eigenvalue weighted by molar-refractivity contribution is 5.58. The van der Waals surface area contributed by atoms with E-state index in [0.29, 0.717) is 0 Å². The molecule has 2 aliphatic heterocycles. The summed E-state index contributed by atoms with van der Waals surface area (Å²) in [6, 6.07) is 0.748. The zero-order chi connectivity index (χ0) is 8.93. The van der Waals surface area contributed by atoms with Gasteiger partial charge in [-0.1, -0.05) is 32.1 Å². The second-order valence-corrected chi connectivity index (χ2v) is 4.28. The molecule has 74 valence electrons. The van der Waals surface area contributed by atoms with Crippen LogP contribution >= 0.6 is 0 Å². The Morgan fingerprint density at radius 2 is 1.77 bits per heavy atom. The van der Waals surface area contributed by atoms with Gasteiger partial charge in [-0.25, -0.2) is 0 Å². The van der Waals surface area contributed by atoms with Crippen LogP contribution in [0.5, 0.6) is 0 Å². The fourth-order valence-electron chi connectivity index (χ4n) is 2.35. The molecule has 1 fully saturated rings. The van der Waals surface area contributed by atoms with Crippen molar-refractivity contribution in [3.63, 3.8) is 0 Å². The first kappa shape index (κ1) is 9.04. The number of fused-ring (bicyclic) bond motifs is 1. The molecular weight excluding hydrogens is 160 g/mol. The summed E-state index contributed by atoms with van der Waals surface area (Å²) >= 11 is 0. The second-order valence-electron chi connectivity index (χ2n) is 4.28. The van der Waals surface area contributed by atoms with Gasteiger partial charge in [0.25, 0.3) is 0 Å². The number of nitrogens with zero attached hydrogens (tertiary/aromatic N) is 2. The summed E-state index contributed by atoms with van der Waals surface area (Å²) in [5.74, 6) is 0. The van der Waals surface area contributed by atoms with Crippen LogP contribution in [-0.4, -0.2) is 30.4 Å². The van der Waals surface area contributed by atoms with Gasteiger partial charge in [0.05, 0.1) is 12.9 Å². The number of hydrogen-bond acceptors (Lipinski definition) is 2. The molecule has 0 spiro atoms. The van der Waals surface area contributed by atoms with Gasteiger partial charge >= 0.3 is 0 Å². The molecular formula is C11H20N2. The molecule has 2 heteroatoms. The Hall–Kier alpha value is -0.530. The second kappa shape index (κ2) is 4.64. The zero-order valence-electron chi connectivity index (χ0n) is 8.41. The van der Waals surface area contributed by atoms with Crippen molar-refractivity contribution >= 4 is 6.34 Å². The van der Waals surface area contributed by atoms with E-state index in [2.05, 4.69) is 16.2 Å². The number of rotatable bonds is 0.